The first-order valence-corrected chi connectivity index (χ1v) is 8.45. The van der Waals surface area contributed by atoms with Crippen LogP contribution in [-0.2, 0) is 16.4 Å². The summed E-state index contributed by atoms with van der Waals surface area (Å²) in [5, 5.41) is 1.00. The molecular formula is C16H14F2N2O2S. The fourth-order valence-corrected chi connectivity index (χ4v) is 3.54. The van der Waals surface area contributed by atoms with Gasteiger partial charge in [0.2, 0.25) is 10.0 Å². The Bertz CT molecular complexity index is 952. The molecule has 0 spiro atoms. The molecule has 1 heterocycles. The lowest BCUT2D eigenvalue weighted by atomic mass is 10.1. The summed E-state index contributed by atoms with van der Waals surface area (Å²) in [4.78, 5) is 2.41. The highest BCUT2D eigenvalue weighted by molar-refractivity contribution is 7.89. The summed E-state index contributed by atoms with van der Waals surface area (Å²) in [5.41, 5.74) is 1.91. The van der Waals surface area contributed by atoms with Crippen LogP contribution in [0.25, 0.3) is 10.9 Å². The Morgan fingerprint density at radius 3 is 2.70 bits per heavy atom. The number of hydrogen-bond acceptors (Lipinski definition) is 2. The number of rotatable bonds is 5. The third-order valence-electron chi connectivity index (χ3n) is 3.54. The normalized spacial score (nSPS) is 11.9. The van der Waals surface area contributed by atoms with Crippen LogP contribution in [0, 0.1) is 11.6 Å². The minimum atomic E-state index is -4.10. The minimum absolute atomic E-state index is 0.0835. The maximum atomic E-state index is 13.6. The Kier molecular flexibility index (Phi) is 4.14. The molecular weight excluding hydrogens is 322 g/mol. The SMILES string of the molecule is O=S(=O)(NCCc1c[nH]c2ccccc12)c1cc(F)ccc1F. The molecule has 0 aliphatic carbocycles. The molecule has 0 radical (unpaired) electrons. The number of nitrogens with one attached hydrogen (secondary N) is 2. The lowest BCUT2D eigenvalue weighted by Crippen LogP contribution is -2.26. The fraction of sp³-hybridized carbons (Fsp3) is 0.125. The van der Waals surface area contributed by atoms with Gasteiger partial charge in [0.15, 0.2) is 0 Å². The van der Waals surface area contributed by atoms with Crippen LogP contribution in [-0.4, -0.2) is 19.9 Å². The monoisotopic (exact) mass is 336 g/mol. The van der Waals surface area contributed by atoms with Crippen molar-refractivity contribution >= 4 is 20.9 Å². The van der Waals surface area contributed by atoms with E-state index in [1.165, 1.54) is 0 Å². The van der Waals surface area contributed by atoms with E-state index in [4.69, 9.17) is 0 Å². The molecule has 0 aliphatic rings. The van der Waals surface area contributed by atoms with Crippen molar-refractivity contribution in [1.29, 1.82) is 0 Å². The van der Waals surface area contributed by atoms with Crippen molar-refractivity contribution in [2.75, 3.05) is 6.54 Å². The van der Waals surface area contributed by atoms with Crippen molar-refractivity contribution in [2.45, 2.75) is 11.3 Å². The smallest absolute Gasteiger partial charge is 0.243 e. The van der Waals surface area contributed by atoms with Crippen molar-refractivity contribution in [2.24, 2.45) is 0 Å². The van der Waals surface area contributed by atoms with Crippen LogP contribution in [0.5, 0.6) is 0 Å². The maximum absolute atomic E-state index is 13.6. The standard InChI is InChI=1S/C16H14F2N2O2S/c17-12-5-6-14(18)16(9-12)23(21,22)20-8-7-11-10-19-15-4-2-1-3-13(11)15/h1-6,9-10,19-20H,7-8H2. The van der Waals surface area contributed by atoms with Gasteiger partial charge in [0.1, 0.15) is 16.5 Å². The van der Waals surface area contributed by atoms with Gasteiger partial charge >= 0.3 is 0 Å². The highest BCUT2D eigenvalue weighted by Gasteiger charge is 2.19. The van der Waals surface area contributed by atoms with Crippen molar-refractivity contribution in [3.63, 3.8) is 0 Å². The predicted octanol–water partition coefficient (Wildman–Crippen LogP) is 2.97. The summed E-state index contributed by atoms with van der Waals surface area (Å²) in [6.45, 7) is 0.0835. The number of H-pyrrole nitrogens is 1. The van der Waals surface area contributed by atoms with Crippen molar-refractivity contribution < 1.29 is 17.2 Å². The second-order valence-electron chi connectivity index (χ2n) is 5.08. The van der Waals surface area contributed by atoms with Crippen LogP contribution in [0.15, 0.2) is 53.6 Å². The quantitative estimate of drug-likeness (QED) is 0.752. The van der Waals surface area contributed by atoms with E-state index in [1.807, 2.05) is 30.5 Å². The van der Waals surface area contributed by atoms with E-state index in [2.05, 4.69) is 9.71 Å². The van der Waals surface area contributed by atoms with Gasteiger partial charge in [-0.15, -0.1) is 0 Å². The Morgan fingerprint density at radius 2 is 1.87 bits per heavy atom. The summed E-state index contributed by atoms with van der Waals surface area (Å²) < 4.78 is 53.2. The molecule has 2 aromatic carbocycles. The highest BCUT2D eigenvalue weighted by atomic mass is 32.2. The Balaban J connectivity index is 1.74. The van der Waals surface area contributed by atoms with E-state index >= 15 is 0 Å². The first kappa shape index (κ1) is 15.6. The third-order valence-corrected chi connectivity index (χ3v) is 5.02. The molecule has 0 atom stereocenters. The topological polar surface area (TPSA) is 62.0 Å². The molecule has 0 saturated carbocycles. The lowest BCUT2D eigenvalue weighted by Gasteiger charge is -2.07. The first-order valence-electron chi connectivity index (χ1n) is 6.97. The summed E-state index contributed by atoms with van der Waals surface area (Å²) >= 11 is 0. The van der Waals surface area contributed by atoms with Crippen LogP contribution in [0.1, 0.15) is 5.56 Å². The van der Waals surface area contributed by atoms with E-state index in [0.29, 0.717) is 12.5 Å². The van der Waals surface area contributed by atoms with E-state index in [1.54, 1.807) is 0 Å². The van der Waals surface area contributed by atoms with Crippen molar-refractivity contribution in [1.82, 2.24) is 9.71 Å². The van der Waals surface area contributed by atoms with Crippen LogP contribution < -0.4 is 4.72 Å². The molecule has 0 bridgehead atoms. The lowest BCUT2D eigenvalue weighted by molar-refractivity contribution is 0.546. The molecule has 3 rings (SSSR count). The van der Waals surface area contributed by atoms with Crippen molar-refractivity contribution in [3.05, 3.63) is 65.9 Å². The molecule has 4 nitrogen and oxygen atoms in total. The highest BCUT2D eigenvalue weighted by Crippen LogP contribution is 2.19. The molecule has 3 aromatic rings. The molecule has 0 saturated heterocycles. The van der Waals surface area contributed by atoms with Gasteiger partial charge in [-0.05, 0) is 36.2 Å². The van der Waals surface area contributed by atoms with E-state index in [0.717, 1.165) is 28.6 Å². The first-order chi connectivity index (χ1) is 11.0. The molecule has 120 valence electrons. The Hall–Kier alpha value is -2.25. The largest absolute Gasteiger partial charge is 0.361 e. The number of benzene rings is 2. The minimum Gasteiger partial charge on any atom is -0.361 e. The number of sulfonamides is 1. The van der Waals surface area contributed by atoms with Gasteiger partial charge in [0.25, 0.3) is 0 Å². The summed E-state index contributed by atoms with van der Waals surface area (Å²) in [7, 11) is -4.10. The summed E-state index contributed by atoms with van der Waals surface area (Å²) in [5.74, 6) is -1.78. The molecule has 2 N–H and O–H groups in total. The van der Waals surface area contributed by atoms with E-state index in [-0.39, 0.29) is 6.54 Å². The number of fused-ring (bicyclic) bond motifs is 1. The molecule has 0 fully saturated rings. The maximum Gasteiger partial charge on any atom is 0.243 e. The predicted molar refractivity (Wildman–Crippen MR) is 83.5 cm³/mol. The zero-order valence-corrected chi connectivity index (χ0v) is 12.8. The number of hydrogen-bond donors (Lipinski definition) is 2. The Morgan fingerprint density at radius 1 is 1.09 bits per heavy atom. The van der Waals surface area contributed by atoms with Crippen LogP contribution >= 0.6 is 0 Å². The second-order valence-corrected chi connectivity index (χ2v) is 6.82. The molecule has 0 aliphatic heterocycles. The van der Waals surface area contributed by atoms with Crippen LogP contribution in [0.4, 0.5) is 8.78 Å². The van der Waals surface area contributed by atoms with E-state index < -0.39 is 26.6 Å². The van der Waals surface area contributed by atoms with Gasteiger partial charge in [-0.2, -0.15) is 0 Å². The van der Waals surface area contributed by atoms with Gasteiger partial charge in [-0.3, -0.25) is 0 Å². The zero-order valence-electron chi connectivity index (χ0n) is 12.0. The number of halogens is 2. The average Bonchev–Trinajstić information content (AvgIpc) is 2.93. The molecule has 0 unspecified atom stereocenters. The third kappa shape index (κ3) is 3.25. The van der Waals surface area contributed by atoms with Gasteiger partial charge in [0, 0.05) is 23.6 Å². The molecule has 1 aromatic heterocycles. The number of aromatic amines is 1. The second kappa shape index (κ2) is 6.10. The van der Waals surface area contributed by atoms with Gasteiger partial charge in [-0.1, -0.05) is 18.2 Å². The zero-order chi connectivity index (χ0) is 16.4. The van der Waals surface area contributed by atoms with Crippen LogP contribution in [0.3, 0.4) is 0 Å². The number of aromatic nitrogens is 1. The van der Waals surface area contributed by atoms with E-state index in [9.17, 15) is 17.2 Å². The van der Waals surface area contributed by atoms with Gasteiger partial charge in [-0.25, -0.2) is 21.9 Å². The molecule has 7 heteroatoms. The average molecular weight is 336 g/mol. The molecule has 23 heavy (non-hydrogen) atoms. The molecule has 0 amide bonds. The summed E-state index contributed by atoms with van der Waals surface area (Å²) in [6.07, 6.45) is 2.24. The summed E-state index contributed by atoms with van der Waals surface area (Å²) in [6, 6.07) is 9.99. The Labute approximate surface area is 132 Å². The van der Waals surface area contributed by atoms with Crippen molar-refractivity contribution in [3.8, 4) is 0 Å². The van der Waals surface area contributed by atoms with Crippen LogP contribution in [0.2, 0.25) is 0 Å². The fourth-order valence-electron chi connectivity index (χ4n) is 2.42. The van der Waals surface area contributed by atoms with Gasteiger partial charge < -0.3 is 4.98 Å². The number of para-hydroxylation sites is 1. The van der Waals surface area contributed by atoms with Gasteiger partial charge in [0.05, 0.1) is 0 Å².